The fraction of sp³-hybridized carbons (Fsp3) is 0.778. The lowest BCUT2D eigenvalue weighted by Gasteiger charge is -2.11. The molecule has 1 N–H and O–H groups in total. The highest BCUT2D eigenvalue weighted by Gasteiger charge is 2.01. The van der Waals surface area contributed by atoms with E-state index in [4.69, 9.17) is 19.3 Å². The summed E-state index contributed by atoms with van der Waals surface area (Å²) >= 11 is 0. The minimum Gasteiger partial charge on any atom is -0.499 e. The molecule has 4 nitrogen and oxygen atoms in total. The van der Waals surface area contributed by atoms with E-state index >= 15 is 0 Å². The van der Waals surface area contributed by atoms with Crippen LogP contribution in [0.1, 0.15) is 13.8 Å². The Bertz CT molecular complexity index is 119. The van der Waals surface area contributed by atoms with Gasteiger partial charge in [0.1, 0.15) is 6.61 Å². The van der Waals surface area contributed by atoms with Gasteiger partial charge in [-0.3, -0.25) is 0 Å². The quantitative estimate of drug-likeness (QED) is 0.351. The first kappa shape index (κ1) is 12.4. The summed E-state index contributed by atoms with van der Waals surface area (Å²) < 4.78 is 15.3. The van der Waals surface area contributed by atoms with Crippen LogP contribution < -0.4 is 0 Å². The Hall–Kier alpha value is -0.580. The van der Waals surface area contributed by atoms with Crippen molar-refractivity contribution in [3.05, 3.63) is 12.3 Å². The molecule has 0 saturated heterocycles. The van der Waals surface area contributed by atoms with Crippen molar-refractivity contribution in [1.82, 2.24) is 0 Å². The molecular formula is C9H18O4. The summed E-state index contributed by atoms with van der Waals surface area (Å²) in [4.78, 5) is 0. The number of aliphatic hydroxyl groups excluding tert-OH is 1. The summed E-state index contributed by atoms with van der Waals surface area (Å²) in [7, 11) is 0. The molecule has 0 amide bonds. The smallest absolute Gasteiger partial charge is 0.179 e. The highest BCUT2D eigenvalue weighted by Crippen LogP contribution is 1.97. The van der Waals surface area contributed by atoms with E-state index in [1.165, 1.54) is 6.26 Å². The van der Waals surface area contributed by atoms with Crippen molar-refractivity contribution in [3.8, 4) is 0 Å². The molecule has 0 aliphatic carbocycles. The summed E-state index contributed by atoms with van der Waals surface area (Å²) in [5.41, 5.74) is 0. The third-order valence-corrected chi connectivity index (χ3v) is 1.20. The lowest BCUT2D eigenvalue weighted by atomic mass is 10.6. The molecule has 0 aromatic carbocycles. The van der Waals surface area contributed by atoms with Crippen molar-refractivity contribution >= 4 is 0 Å². The number of rotatable bonds is 8. The lowest BCUT2D eigenvalue weighted by molar-refractivity contribution is -0.105. The zero-order valence-corrected chi connectivity index (χ0v) is 8.23. The molecule has 0 aliphatic rings. The average Bonchev–Trinajstić information content (AvgIpc) is 2.13. The molecule has 0 bridgehead atoms. The van der Waals surface area contributed by atoms with Crippen LogP contribution in [0.25, 0.3) is 0 Å². The monoisotopic (exact) mass is 190 g/mol. The van der Waals surface area contributed by atoms with Crippen molar-refractivity contribution in [2.45, 2.75) is 20.1 Å². The molecule has 0 atom stereocenters. The van der Waals surface area contributed by atoms with Crippen LogP contribution >= 0.6 is 0 Å². The highest BCUT2D eigenvalue weighted by molar-refractivity contribution is 4.78. The van der Waals surface area contributed by atoms with Gasteiger partial charge in [0.2, 0.25) is 0 Å². The minimum atomic E-state index is -0.353. The Kier molecular flexibility index (Phi) is 9.08. The molecule has 4 heteroatoms. The van der Waals surface area contributed by atoms with Gasteiger partial charge < -0.3 is 19.3 Å². The third kappa shape index (κ3) is 7.77. The molecule has 0 unspecified atom stereocenters. The Morgan fingerprint density at radius 2 is 1.85 bits per heavy atom. The molecular weight excluding hydrogens is 172 g/mol. The van der Waals surface area contributed by atoms with Crippen LogP contribution in [0.15, 0.2) is 12.3 Å². The standard InChI is InChI=1S/C9H18O4/c1-3-12-9(13-4-2)5-7-11-8-6-10/h5,7,9-10H,3-4,6,8H2,1-2H3. The second-order valence-electron chi connectivity index (χ2n) is 2.20. The number of hydrogen-bond donors (Lipinski definition) is 1. The van der Waals surface area contributed by atoms with E-state index in [2.05, 4.69) is 0 Å². The molecule has 0 aliphatic heterocycles. The van der Waals surface area contributed by atoms with Crippen LogP contribution in [0, 0.1) is 0 Å². The second kappa shape index (κ2) is 9.51. The van der Waals surface area contributed by atoms with Crippen LogP contribution in [0.5, 0.6) is 0 Å². The van der Waals surface area contributed by atoms with Gasteiger partial charge in [0.15, 0.2) is 6.29 Å². The molecule has 0 saturated carbocycles. The van der Waals surface area contributed by atoms with Gasteiger partial charge in [-0.2, -0.15) is 0 Å². The maximum atomic E-state index is 8.42. The number of ether oxygens (including phenoxy) is 3. The van der Waals surface area contributed by atoms with Crippen molar-refractivity contribution in [2.75, 3.05) is 26.4 Å². The topological polar surface area (TPSA) is 47.9 Å². The minimum absolute atomic E-state index is 0.0122. The summed E-state index contributed by atoms with van der Waals surface area (Å²) in [6, 6.07) is 0. The molecule has 0 spiro atoms. The van der Waals surface area contributed by atoms with Gasteiger partial charge in [0.25, 0.3) is 0 Å². The van der Waals surface area contributed by atoms with Gasteiger partial charge in [-0.15, -0.1) is 0 Å². The first-order valence-corrected chi connectivity index (χ1v) is 4.47. The fourth-order valence-electron chi connectivity index (χ4n) is 0.728. The summed E-state index contributed by atoms with van der Waals surface area (Å²) in [5.74, 6) is 0. The average molecular weight is 190 g/mol. The van der Waals surface area contributed by atoms with Gasteiger partial charge in [-0.1, -0.05) is 0 Å². The van der Waals surface area contributed by atoms with Crippen LogP contribution in [-0.2, 0) is 14.2 Å². The van der Waals surface area contributed by atoms with Crippen LogP contribution in [-0.4, -0.2) is 37.8 Å². The molecule has 0 aromatic rings. The van der Waals surface area contributed by atoms with E-state index in [0.717, 1.165) is 0 Å². The maximum Gasteiger partial charge on any atom is 0.179 e. The molecule has 0 aromatic heterocycles. The van der Waals surface area contributed by atoms with Crippen LogP contribution in [0.4, 0.5) is 0 Å². The Balaban J connectivity index is 3.58. The third-order valence-electron chi connectivity index (χ3n) is 1.20. The predicted octanol–water partition coefficient (Wildman–Crippen LogP) is 0.908. The molecule has 78 valence electrons. The lowest BCUT2D eigenvalue weighted by Crippen LogP contribution is -2.14. The van der Waals surface area contributed by atoms with E-state index in [0.29, 0.717) is 19.8 Å². The normalized spacial score (nSPS) is 11.4. The Labute approximate surface area is 79.1 Å². The molecule has 0 fully saturated rings. The van der Waals surface area contributed by atoms with Crippen LogP contribution in [0.3, 0.4) is 0 Å². The summed E-state index contributed by atoms with van der Waals surface area (Å²) in [6.45, 7) is 5.28. The van der Waals surface area contributed by atoms with Gasteiger partial charge in [0.05, 0.1) is 12.9 Å². The van der Waals surface area contributed by atoms with Gasteiger partial charge in [-0.25, -0.2) is 0 Å². The molecule has 13 heavy (non-hydrogen) atoms. The van der Waals surface area contributed by atoms with Gasteiger partial charge in [0, 0.05) is 19.3 Å². The van der Waals surface area contributed by atoms with E-state index < -0.39 is 0 Å². The van der Waals surface area contributed by atoms with E-state index in [1.54, 1.807) is 6.08 Å². The Morgan fingerprint density at radius 1 is 1.23 bits per heavy atom. The second-order valence-corrected chi connectivity index (χ2v) is 2.20. The van der Waals surface area contributed by atoms with E-state index in [-0.39, 0.29) is 12.9 Å². The van der Waals surface area contributed by atoms with Crippen molar-refractivity contribution in [1.29, 1.82) is 0 Å². The Morgan fingerprint density at radius 3 is 2.31 bits per heavy atom. The molecule has 0 radical (unpaired) electrons. The van der Waals surface area contributed by atoms with Crippen molar-refractivity contribution < 1.29 is 19.3 Å². The zero-order valence-electron chi connectivity index (χ0n) is 8.23. The fourth-order valence-corrected chi connectivity index (χ4v) is 0.728. The SMILES string of the molecule is CCOC(C=COCCO)OCC. The molecule has 0 heterocycles. The number of hydrogen-bond acceptors (Lipinski definition) is 4. The maximum absolute atomic E-state index is 8.42. The summed E-state index contributed by atoms with van der Waals surface area (Å²) in [6.07, 6.45) is 2.79. The first-order chi connectivity index (χ1) is 6.35. The van der Waals surface area contributed by atoms with E-state index in [9.17, 15) is 0 Å². The summed E-state index contributed by atoms with van der Waals surface area (Å²) in [5, 5.41) is 8.42. The largest absolute Gasteiger partial charge is 0.499 e. The van der Waals surface area contributed by atoms with Gasteiger partial charge in [-0.05, 0) is 13.8 Å². The van der Waals surface area contributed by atoms with Crippen molar-refractivity contribution in [3.63, 3.8) is 0 Å². The predicted molar refractivity (Wildman–Crippen MR) is 49.2 cm³/mol. The van der Waals surface area contributed by atoms with E-state index in [1.807, 2.05) is 13.8 Å². The van der Waals surface area contributed by atoms with Crippen LogP contribution in [0.2, 0.25) is 0 Å². The zero-order chi connectivity index (χ0) is 9.94. The number of aliphatic hydroxyl groups is 1. The molecule has 0 rings (SSSR count). The highest BCUT2D eigenvalue weighted by atomic mass is 16.7. The van der Waals surface area contributed by atoms with Gasteiger partial charge >= 0.3 is 0 Å². The first-order valence-electron chi connectivity index (χ1n) is 4.47. The van der Waals surface area contributed by atoms with Crippen molar-refractivity contribution in [2.24, 2.45) is 0 Å².